The van der Waals surface area contributed by atoms with Crippen LogP contribution in [0, 0.1) is 0 Å². The summed E-state index contributed by atoms with van der Waals surface area (Å²) < 4.78 is 5.09. The van der Waals surface area contributed by atoms with Crippen LogP contribution in [0.2, 0.25) is 0 Å². The minimum atomic E-state index is 0.839. The van der Waals surface area contributed by atoms with Crippen molar-refractivity contribution < 1.29 is 4.74 Å². The van der Waals surface area contributed by atoms with Gasteiger partial charge < -0.3 is 4.74 Å². The van der Waals surface area contributed by atoms with Gasteiger partial charge in [0.1, 0.15) is 10.8 Å². The van der Waals surface area contributed by atoms with Crippen LogP contribution in [0.1, 0.15) is 11.9 Å². The van der Waals surface area contributed by atoms with Crippen LogP contribution in [0.25, 0.3) is 0 Å². The first kappa shape index (κ1) is 10.8. The summed E-state index contributed by atoms with van der Waals surface area (Å²) in [7, 11) is 1.65. The van der Waals surface area contributed by atoms with E-state index < -0.39 is 0 Å². The Morgan fingerprint density at radius 1 is 1.31 bits per heavy atom. The lowest BCUT2D eigenvalue weighted by atomic mass is 10.3. The van der Waals surface area contributed by atoms with Crippen LogP contribution in [0.15, 0.2) is 40.8 Å². The molecule has 0 aliphatic heterocycles. The van der Waals surface area contributed by atoms with Crippen molar-refractivity contribution in [2.45, 2.75) is 6.92 Å². The van der Waals surface area contributed by atoms with Gasteiger partial charge >= 0.3 is 0 Å². The van der Waals surface area contributed by atoms with Crippen molar-refractivity contribution in [2.75, 3.05) is 7.11 Å². The maximum absolute atomic E-state index is 5.09. The molecule has 2 rings (SSSR count). The molecule has 0 bridgehead atoms. The van der Waals surface area contributed by atoms with Gasteiger partial charge in [0, 0.05) is 11.6 Å². The van der Waals surface area contributed by atoms with Gasteiger partial charge in [0.25, 0.3) is 0 Å². The number of aliphatic imine (C=N–C) groups is 1. The number of rotatable bonds is 3. The largest absolute Gasteiger partial charge is 0.497 e. The Morgan fingerprint density at radius 2 is 2.06 bits per heavy atom. The van der Waals surface area contributed by atoms with E-state index in [4.69, 9.17) is 4.74 Å². The van der Waals surface area contributed by atoms with Gasteiger partial charge in [0.15, 0.2) is 0 Å². The standard InChI is InChI=1S/C12H12N2OS/c1-9(12-13-7-8-16-12)14-10-3-5-11(15-2)6-4-10/h3-8H,1-2H3. The van der Waals surface area contributed by atoms with Gasteiger partial charge in [-0.2, -0.15) is 0 Å². The summed E-state index contributed by atoms with van der Waals surface area (Å²) in [4.78, 5) is 8.70. The Morgan fingerprint density at radius 3 is 2.62 bits per heavy atom. The smallest absolute Gasteiger partial charge is 0.137 e. The fourth-order valence-corrected chi connectivity index (χ4v) is 1.89. The number of ether oxygens (including phenoxy) is 1. The van der Waals surface area contributed by atoms with E-state index >= 15 is 0 Å². The fourth-order valence-electron chi connectivity index (χ4n) is 1.30. The van der Waals surface area contributed by atoms with E-state index in [0.29, 0.717) is 0 Å². The Labute approximate surface area is 98.5 Å². The zero-order chi connectivity index (χ0) is 11.4. The molecule has 3 nitrogen and oxygen atoms in total. The van der Waals surface area contributed by atoms with Crippen LogP contribution in [0.5, 0.6) is 5.75 Å². The minimum absolute atomic E-state index is 0.839. The molecule has 1 aromatic heterocycles. The zero-order valence-electron chi connectivity index (χ0n) is 9.18. The van der Waals surface area contributed by atoms with Crippen LogP contribution in [0.3, 0.4) is 0 Å². The molecule has 0 N–H and O–H groups in total. The highest BCUT2D eigenvalue weighted by Gasteiger charge is 2.00. The van der Waals surface area contributed by atoms with Gasteiger partial charge in [-0.25, -0.2) is 4.98 Å². The molecule has 0 aliphatic rings. The number of aromatic nitrogens is 1. The first-order valence-corrected chi connectivity index (χ1v) is 5.77. The Bertz CT molecular complexity index is 474. The van der Waals surface area contributed by atoms with Crippen LogP contribution >= 0.6 is 11.3 Å². The summed E-state index contributed by atoms with van der Waals surface area (Å²) in [6.07, 6.45) is 1.78. The topological polar surface area (TPSA) is 34.5 Å². The average Bonchev–Trinajstić information content (AvgIpc) is 2.83. The van der Waals surface area contributed by atoms with Crippen molar-refractivity contribution >= 4 is 22.7 Å². The van der Waals surface area contributed by atoms with Gasteiger partial charge in [0.2, 0.25) is 0 Å². The molecular weight excluding hydrogens is 220 g/mol. The summed E-state index contributed by atoms with van der Waals surface area (Å²) >= 11 is 1.59. The number of thiazole rings is 1. The molecule has 0 unspecified atom stereocenters. The van der Waals surface area contributed by atoms with Crippen molar-refractivity contribution in [3.63, 3.8) is 0 Å². The Kier molecular flexibility index (Phi) is 3.31. The molecule has 16 heavy (non-hydrogen) atoms. The molecule has 0 amide bonds. The highest BCUT2D eigenvalue weighted by atomic mass is 32.1. The first-order valence-electron chi connectivity index (χ1n) is 4.89. The summed E-state index contributed by atoms with van der Waals surface area (Å²) in [6, 6.07) is 7.65. The molecule has 1 heterocycles. The third-order valence-corrected chi connectivity index (χ3v) is 2.99. The minimum Gasteiger partial charge on any atom is -0.497 e. The maximum Gasteiger partial charge on any atom is 0.137 e. The van der Waals surface area contributed by atoms with Gasteiger partial charge in [-0.15, -0.1) is 11.3 Å². The lowest BCUT2D eigenvalue weighted by Crippen LogP contribution is -1.91. The molecule has 4 heteroatoms. The second kappa shape index (κ2) is 4.90. The molecule has 0 saturated carbocycles. The normalized spacial score (nSPS) is 11.5. The number of benzene rings is 1. The Hall–Kier alpha value is -1.68. The molecule has 0 atom stereocenters. The van der Waals surface area contributed by atoms with Gasteiger partial charge in [-0.3, -0.25) is 4.99 Å². The van der Waals surface area contributed by atoms with Gasteiger partial charge in [-0.05, 0) is 31.2 Å². The summed E-state index contributed by atoms with van der Waals surface area (Å²) in [5.41, 5.74) is 1.84. The molecule has 0 fully saturated rings. The summed E-state index contributed by atoms with van der Waals surface area (Å²) in [6.45, 7) is 1.96. The molecule has 82 valence electrons. The van der Waals surface area contributed by atoms with E-state index in [1.807, 2.05) is 36.6 Å². The summed E-state index contributed by atoms with van der Waals surface area (Å²) in [5, 5.41) is 2.90. The van der Waals surface area contributed by atoms with E-state index in [-0.39, 0.29) is 0 Å². The van der Waals surface area contributed by atoms with E-state index in [0.717, 1.165) is 22.2 Å². The lowest BCUT2D eigenvalue weighted by Gasteiger charge is -2.00. The highest BCUT2D eigenvalue weighted by molar-refractivity contribution is 7.11. The van der Waals surface area contributed by atoms with Crippen molar-refractivity contribution in [2.24, 2.45) is 4.99 Å². The second-order valence-electron chi connectivity index (χ2n) is 3.23. The van der Waals surface area contributed by atoms with E-state index in [1.54, 1.807) is 24.6 Å². The average molecular weight is 232 g/mol. The van der Waals surface area contributed by atoms with Crippen molar-refractivity contribution in [3.8, 4) is 5.75 Å². The number of hydrogen-bond donors (Lipinski definition) is 0. The summed E-state index contributed by atoms with van der Waals surface area (Å²) in [5.74, 6) is 0.839. The van der Waals surface area contributed by atoms with E-state index in [1.165, 1.54) is 0 Å². The van der Waals surface area contributed by atoms with E-state index in [2.05, 4.69) is 9.98 Å². The molecule has 2 aromatic rings. The van der Waals surface area contributed by atoms with Crippen molar-refractivity contribution in [1.29, 1.82) is 0 Å². The zero-order valence-corrected chi connectivity index (χ0v) is 9.99. The monoisotopic (exact) mass is 232 g/mol. The Balaban J connectivity index is 2.22. The highest BCUT2D eigenvalue weighted by Crippen LogP contribution is 2.19. The maximum atomic E-state index is 5.09. The molecule has 0 saturated heterocycles. The predicted molar refractivity (Wildman–Crippen MR) is 67.0 cm³/mol. The number of hydrogen-bond acceptors (Lipinski definition) is 4. The lowest BCUT2D eigenvalue weighted by molar-refractivity contribution is 0.415. The van der Waals surface area contributed by atoms with Crippen LogP contribution in [-0.4, -0.2) is 17.8 Å². The van der Waals surface area contributed by atoms with Crippen LogP contribution in [-0.2, 0) is 0 Å². The SMILES string of the molecule is COc1ccc(N=C(C)c2nccs2)cc1. The van der Waals surface area contributed by atoms with Gasteiger partial charge in [0.05, 0.1) is 18.5 Å². The van der Waals surface area contributed by atoms with Gasteiger partial charge in [-0.1, -0.05) is 0 Å². The molecule has 0 radical (unpaired) electrons. The van der Waals surface area contributed by atoms with Crippen molar-refractivity contribution in [3.05, 3.63) is 40.8 Å². The molecule has 0 aliphatic carbocycles. The predicted octanol–water partition coefficient (Wildman–Crippen LogP) is 3.29. The van der Waals surface area contributed by atoms with Crippen LogP contribution in [0.4, 0.5) is 5.69 Å². The fraction of sp³-hybridized carbons (Fsp3) is 0.167. The third-order valence-electron chi connectivity index (χ3n) is 2.11. The third kappa shape index (κ3) is 2.46. The van der Waals surface area contributed by atoms with Crippen LogP contribution < -0.4 is 4.74 Å². The number of methoxy groups -OCH3 is 1. The van der Waals surface area contributed by atoms with Crippen molar-refractivity contribution in [1.82, 2.24) is 4.98 Å². The molecule has 0 spiro atoms. The quantitative estimate of drug-likeness (QED) is 0.761. The van der Waals surface area contributed by atoms with E-state index in [9.17, 15) is 0 Å². The first-order chi connectivity index (χ1) is 7.79. The molecular formula is C12H12N2OS. The number of nitrogens with zero attached hydrogens (tertiary/aromatic N) is 2. The molecule has 1 aromatic carbocycles. The second-order valence-corrected chi connectivity index (χ2v) is 4.13.